The fourth-order valence-corrected chi connectivity index (χ4v) is 6.07. The number of carbonyl (C=O) groups is 1. The van der Waals surface area contributed by atoms with Crippen LogP contribution in [0.25, 0.3) is 0 Å². The largest absolute Gasteiger partial charge is 0.481 e. The summed E-state index contributed by atoms with van der Waals surface area (Å²) in [7, 11) is -1.47. The second-order valence-electron chi connectivity index (χ2n) is 8.44. The minimum absolute atomic E-state index is 0.122. The van der Waals surface area contributed by atoms with Gasteiger partial charge in [-0.2, -0.15) is 13.2 Å². The SMILES string of the molecule is CC1CN(S(=O)c2cccc3c2CC(C(=O)O)C3)C(C)CN1c1ccc(C(F)(F)F)cn1. The zero-order chi connectivity index (χ0) is 23.2. The highest BCUT2D eigenvalue weighted by atomic mass is 32.2. The average molecular weight is 468 g/mol. The molecular formula is C22H24F3N3O3S. The van der Waals surface area contributed by atoms with Crippen LogP contribution in [0.4, 0.5) is 19.0 Å². The van der Waals surface area contributed by atoms with Crippen LogP contribution in [-0.2, 0) is 34.8 Å². The minimum atomic E-state index is -4.43. The van der Waals surface area contributed by atoms with E-state index in [1.54, 1.807) is 6.07 Å². The number of benzene rings is 1. The average Bonchev–Trinajstić information content (AvgIpc) is 3.19. The number of carboxylic acids is 1. The number of rotatable bonds is 4. The van der Waals surface area contributed by atoms with Crippen LogP contribution < -0.4 is 4.90 Å². The molecule has 6 nitrogen and oxygen atoms in total. The second kappa shape index (κ2) is 8.47. The molecule has 0 radical (unpaired) electrons. The smallest absolute Gasteiger partial charge is 0.417 e. The van der Waals surface area contributed by atoms with Gasteiger partial charge in [-0.25, -0.2) is 13.5 Å². The lowest BCUT2D eigenvalue weighted by atomic mass is 10.1. The van der Waals surface area contributed by atoms with Gasteiger partial charge in [0.15, 0.2) is 0 Å². The number of aromatic nitrogens is 1. The molecule has 2 heterocycles. The summed E-state index contributed by atoms with van der Waals surface area (Å²) in [5.41, 5.74) is 0.987. The van der Waals surface area contributed by atoms with Crippen LogP contribution in [-0.4, -0.2) is 49.7 Å². The van der Waals surface area contributed by atoms with E-state index in [4.69, 9.17) is 0 Å². The first kappa shape index (κ1) is 22.7. The summed E-state index contributed by atoms with van der Waals surface area (Å²) in [6.07, 6.45) is -2.79. The van der Waals surface area contributed by atoms with E-state index in [2.05, 4.69) is 4.98 Å². The van der Waals surface area contributed by atoms with Crippen LogP contribution in [0.2, 0.25) is 0 Å². The number of hydrogen-bond donors (Lipinski definition) is 1. The number of pyridine rings is 1. The Hall–Kier alpha value is -2.46. The maximum absolute atomic E-state index is 13.5. The van der Waals surface area contributed by atoms with E-state index in [1.165, 1.54) is 6.07 Å². The van der Waals surface area contributed by atoms with E-state index in [1.807, 2.05) is 35.2 Å². The van der Waals surface area contributed by atoms with Gasteiger partial charge in [0.1, 0.15) is 16.8 Å². The highest BCUT2D eigenvalue weighted by Crippen LogP contribution is 2.34. The number of hydrogen-bond acceptors (Lipinski definition) is 4. The molecule has 1 fully saturated rings. The van der Waals surface area contributed by atoms with Gasteiger partial charge in [-0.05, 0) is 56.0 Å². The molecule has 4 unspecified atom stereocenters. The molecule has 10 heteroatoms. The topological polar surface area (TPSA) is 73.7 Å². The predicted molar refractivity (Wildman–Crippen MR) is 114 cm³/mol. The lowest BCUT2D eigenvalue weighted by molar-refractivity contribution is -0.141. The van der Waals surface area contributed by atoms with Crippen molar-refractivity contribution in [2.45, 2.75) is 49.8 Å². The third-order valence-corrected chi connectivity index (χ3v) is 7.89. The Labute approximate surface area is 186 Å². The van der Waals surface area contributed by atoms with Crippen LogP contribution in [0.1, 0.15) is 30.5 Å². The molecule has 1 aromatic carbocycles. The molecule has 0 bridgehead atoms. The molecule has 0 saturated carbocycles. The lowest BCUT2D eigenvalue weighted by Gasteiger charge is -2.43. The van der Waals surface area contributed by atoms with Crippen molar-refractivity contribution in [1.82, 2.24) is 9.29 Å². The second-order valence-corrected chi connectivity index (χ2v) is 9.85. The van der Waals surface area contributed by atoms with Crippen LogP contribution in [0.3, 0.4) is 0 Å². The number of nitrogens with zero attached hydrogens (tertiary/aromatic N) is 3. The van der Waals surface area contributed by atoms with Crippen LogP contribution in [0, 0.1) is 5.92 Å². The number of halogens is 3. The van der Waals surface area contributed by atoms with Gasteiger partial charge in [0.25, 0.3) is 0 Å². The fraction of sp³-hybridized carbons (Fsp3) is 0.455. The number of anilines is 1. The summed E-state index contributed by atoms with van der Waals surface area (Å²) in [5, 5.41) is 9.38. The number of fused-ring (bicyclic) bond motifs is 1. The summed E-state index contributed by atoms with van der Waals surface area (Å²) in [5.74, 6) is -0.896. The van der Waals surface area contributed by atoms with E-state index in [9.17, 15) is 27.3 Å². The molecule has 172 valence electrons. The highest BCUT2D eigenvalue weighted by molar-refractivity contribution is 7.82. The molecule has 32 heavy (non-hydrogen) atoms. The van der Waals surface area contributed by atoms with Gasteiger partial charge in [0.05, 0.1) is 16.4 Å². The molecule has 2 aliphatic rings. The van der Waals surface area contributed by atoms with Crippen molar-refractivity contribution in [2.24, 2.45) is 5.92 Å². The summed E-state index contributed by atoms with van der Waals surface area (Å²) < 4.78 is 53.9. The van der Waals surface area contributed by atoms with E-state index >= 15 is 0 Å². The van der Waals surface area contributed by atoms with Crippen molar-refractivity contribution in [3.63, 3.8) is 0 Å². The summed E-state index contributed by atoms with van der Waals surface area (Å²) in [4.78, 5) is 18.0. The molecule has 1 aliphatic carbocycles. The molecule has 4 rings (SSSR count). The number of alkyl halides is 3. The van der Waals surface area contributed by atoms with Crippen molar-refractivity contribution in [3.8, 4) is 0 Å². The van der Waals surface area contributed by atoms with Crippen molar-refractivity contribution < 1.29 is 27.3 Å². The maximum atomic E-state index is 13.5. The van der Waals surface area contributed by atoms with Gasteiger partial charge >= 0.3 is 12.1 Å². The Kier molecular flexibility index (Phi) is 6.02. The Balaban J connectivity index is 1.52. The van der Waals surface area contributed by atoms with Crippen LogP contribution in [0.15, 0.2) is 41.4 Å². The van der Waals surface area contributed by atoms with Crippen molar-refractivity contribution in [2.75, 3.05) is 18.0 Å². The molecule has 0 spiro atoms. The Morgan fingerprint density at radius 1 is 1.12 bits per heavy atom. The minimum Gasteiger partial charge on any atom is -0.481 e. The van der Waals surface area contributed by atoms with Crippen molar-refractivity contribution in [3.05, 3.63) is 53.2 Å². The molecule has 2 aromatic rings. The van der Waals surface area contributed by atoms with Crippen molar-refractivity contribution >= 4 is 22.8 Å². The summed E-state index contributed by atoms with van der Waals surface area (Å²) in [6.45, 7) is 4.73. The third kappa shape index (κ3) is 4.25. The molecule has 1 N–H and O–H groups in total. The summed E-state index contributed by atoms with van der Waals surface area (Å²) in [6, 6.07) is 7.61. The molecular weight excluding hydrogens is 443 g/mol. The quantitative estimate of drug-likeness (QED) is 0.745. The van der Waals surface area contributed by atoms with E-state index < -0.39 is 34.6 Å². The molecule has 1 saturated heterocycles. The van der Waals surface area contributed by atoms with Crippen LogP contribution >= 0.6 is 0 Å². The van der Waals surface area contributed by atoms with E-state index in [0.717, 1.165) is 23.4 Å². The Bertz CT molecular complexity index is 1040. The Morgan fingerprint density at radius 2 is 1.88 bits per heavy atom. The highest BCUT2D eigenvalue weighted by Gasteiger charge is 2.37. The number of aliphatic carboxylic acids is 1. The van der Waals surface area contributed by atoms with Gasteiger partial charge in [0.2, 0.25) is 0 Å². The summed E-state index contributed by atoms with van der Waals surface area (Å²) >= 11 is 0. The van der Waals surface area contributed by atoms with Gasteiger partial charge in [-0.3, -0.25) is 4.79 Å². The van der Waals surface area contributed by atoms with Gasteiger partial charge < -0.3 is 10.0 Å². The lowest BCUT2D eigenvalue weighted by Crippen LogP contribution is -2.57. The van der Waals surface area contributed by atoms with Crippen LogP contribution in [0.5, 0.6) is 0 Å². The molecule has 1 aliphatic heterocycles. The third-order valence-electron chi connectivity index (χ3n) is 6.20. The molecule has 1 aromatic heterocycles. The molecule has 0 amide bonds. The Morgan fingerprint density at radius 3 is 2.50 bits per heavy atom. The van der Waals surface area contributed by atoms with Gasteiger partial charge in [-0.1, -0.05) is 12.1 Å². The van der Waals surface area contributed by atoms with E-state index in [0.29, 0.717) is 36.6 Å². The first-order chi connectivity index (χ1) is 15.1. The first-order valence-electron chi connectivity index (χ1n) is 10.4. The normalized spacial score (nSPS) is 24.9. The first-order valence-corrected chi connectivity index (χ1v) is 11.5. The van der Waals surface area contributed by atoms with E-state index in [-0.39, 0.29) is 12.1 Å². The van der Waals surface area contributed by atoms with Gasteiger partial charge in [0, 0.05) is 31.4 Å². The zero-order valence-corrected chi connectivity index (χ0v) is 18.5. The fourth-order valence-electron chi connectivity index (χ4n) is 4.45. The number of carboxylic acid groups (broad SMARTS) is 1. The van der Waals surface area contributed by atoms with Crippen molar-refractivity contribution in [1.29, 1.82) is 0 Å². The molecule has 4 atom stereocenters. The van der Waals surface area contributed by atoms with Gasteiger partial charge in [-0.15, -0.1) is 0 Å². The monoisotopic (exact) mass is 467 g/mol. The number of piperazine rings is 1. The standard InChI is InChI=1S/C22H24F3N3O3S/c1-13-12-28(14(2)11-27(13)20-7-6-17(10-26-20)22(23,24)25)32(31)19-5-3-4-15-8-16(21(29)30)9-18(15)19/h3-7,10,13-14,16H,8-9,11-12H2,1-2H3,(H,29,30). The predicted octanol–water partition coefficient (Wildman–Crippen LogP) is 3.52. The maximum Gasteiger partial charge on any atom is 0.417 e. The zero-order valence-electron chi connectivity index (χ0n) is 17.7.